The van der Waals surface area contributed by atoms with Crippen LogP contribution in [0.3, 0.4) is 0 Å². The van der Waals surface area contributed by atoms with E-state index in [4.69, 9.17) is 4.74 Å². The van der Waals surface area contributed by atoms with Gasteiger partial charge in [0.15, 0.2) is 0 Å². The molecule has 0 saturated carbocycles. The van der Waals surface area contributed by atoms with E-state index in [0.29, 0.717) is 6.04 Å². The number of aryl methyl sites for hydroxylation is 3. The highest BCUT2D eigenvalue weighted by atomic mass is 16.5. The summed E-state index contributed by atoms with van der Waals surface area (Å²) in [6.07, 6.45) is 3.09. The second-order valence-electron chi connectivity index (χ2n) is 6.13. The van der Waals surface area contributed by atoms with E-state index < -0.39 is 0 Å². The van der Waals surface area contributed by atoms with Crippen molar-refractivity contribution in [2.45, 2.75) is 72.4 Å². The Kier molecular flexibility index (Phi) is 6.89. The van der Waals surface area contributed by atoms with Gasteiger partial charge in [-0.2, -0.15) is 0 Å². The third kappa shape index (κ3) is 4.08. The summed E-state index contributed by atoms with van der Waals surface area (Å²) in [5, 5.41) is 3.52. The average Bonchev–Trinajstić information content (AvgIpc) is 2.44. The minimum Gasteiger partial charge on any atom is -0.374 e. The summed E-state index contributed by atoms with van der Waals surface area (Å²) in [6, 6.07) is 4.91. The van der Waals surface area contributed by atoms with Crippen LogP contribution in [0.4, 0.5) is 0 Å². The van der Waals surface area contributed by atoms with Gasteiger partial charge in [-0.05, 0) is 70.7 Å². The zero-order valence-corrected chi connectivity index (χ0v) is 15.0. The molecular weight excluding hydrogens is 258 g/mol. The fraction of sp³-hybridized carbons (Fsp3) is 0.684. The Morgan fingerprint density at radius 2 is 1.57 bits per heavy atom. The van der Waals surface area contributed by atoms with Crippen LogP contribution in [-0.2, 0) is 11.2 Å². The number of ether oxygens (including phenoxy) is 1. The lowest BCUT2D eigenvalue weighted by atomic mass is 9.82. The Morgan fingerprint density at radius 1 is 1.05 bits per heavy atom. The summed E-state index contributed by atoms with van der Waals surface area (Å²) in [7, 11) is 2.06. The van der Waals surface area contributed by atoms with Crippen molar-refractivity contribution in [2.24, 2.45) is 0 Å². The highest BCUT2D eigenvalue weighted by Crippen LogP contribution is 2.29. The van der Waals surface area contributed by atoms with E-state index in [1.807, 2.05) is 0 Å². The Hall–Kier alpha value is -0.860. The molecule has 0 amide bonds. The first-order valence-electron chi connectivity index (χ1n) is 8.32. The quantitative estimate of drug-likeness (QED) is 0.769. The Morgan fingerprint density at radius 3 is 1.95 bits per heavy atom. The van der Waals surface area contributed by atoms with Gasteiger partial charge in [0.25, 0.3) is 0 Å². The van der Waals surface area contributed by atoms with Gasteiger partial charge in [-0.3, -0.25) is 0 Å². The fourth-order valence-corrected chi connectivity index (χ4v) is 3.62. The minimum absolute atomic E-state index is 0.0761. The maximum Gasteiger partial charge on any atom is 0.0832 e. The molecule has 1 unspecified atom stereocenters. The van der Waals surface area contributed by atoms with E-state index in [1.54, 1.807) is 0 Å². The lowest BCUT2D eigenvalue weighted by Gasteiger charge is -2.40. The molecule has 1 aromatic rings. The fourth-order valence-electron chi connectivity index (χ4n) is 3.62. The van der Waals surface area contributed by atoms with Crippen molar-refractivity contribution in [3.63, 3.8) is 0 Å². The molecule has 0 aromatic heterocycles. The van der Waals surface area contributed by atoms with Crippen LogP contribution in [0.1, 0.15) is 55.9 Å². The predicted molar refractivity (Wildman–Crippen MR) is 92.1 cm³/mol. The van der Waals surface area contributed by atoms with Crippen LogP contribution < -0.4 is 5.32 Å². The number of nitrogens with one attached hydrogen (secondary N) is 1. The number of rotatable bonds is 8. The van der Waals surface area contributed by atoms with Crippen LogP contribution in [-0.4, -0.2) is 25.3 Å². The van der Waals surface area contributed by atoms with E-state index >= 15 is 0 Å². The van der Waals surface area contributed by atoms with Crippen LogP contribution >= 0.6 is 0 Å². The van der Waals surface area contributed by atoms with Gasteiger partial charge >= 0.3 is 0 Å². The van der Waals surface area contributed by atoms with Gasteiger partial charge in [0.05, 0.1) is 5.60 Å². The second kappa shape index (κ2) is 7.95. The van der Waals surface area contributed by atoms with Crippen LogP contribution in [0.15, 0.2) is 12.1 Å². The predicted octanol–water partition coefficient (Wildman–Crippen LogP) is 4.34. The van der Waals surface area contributed by atoms with E-state index in [-0.39, 0.29) is 5.60 Å². The van der Waals surface area contributed by atoms with Crippen LogP contribution in [0.2, 0.25) is 0 Å². The maximum absolute atomic E-state index is 6.19. The molecule has 0 aliphatic rings. The van der Waals surface area contributed by atoms with Crippen LogP contribution in [0.5, 0.6) is 0 Å². The summed E-state index contributed by atoms with van der Waals surface area (Å²) in [6.45, 7) is 13.9. The van der Waals surface area contributed by atoms with Gasteiger partial charge < -0.3 is 10.1 Å². The lowest BCUT2D eigenvalue weighted by Crippen LogP contribution is -2.52. The first-order valence-corrected chi connectivity index (χ1v) is 8.32. The molecule has 1 rings (SSSR count). The molecule has 0 spiro atoms. The highest BCUT2D eigenvalue weighted by molar-refractivity contribution is 5.38. The molecule has 0 fully saturated rings. The van der Waals surface area contributed by atoms with E-state index in [0.717, 1.165) is 25.9 Å². The maximum atomic E-state index is 6.19. The molecule has 0 radical (unpaired) electrons. The van der Waals surface area contributed by atoms with Gasteiger partial charge in [-0.25, -0.2) is 0 Å². The molecule has 0 aliphatic carbocycles. The largest absolute Gasteiger partial charge is 0.374 e. The monoisotopic (exact) mass is 291 g/mol. The number of benzene rings is 1. The van der Waals surface area contributed by atoms with Crippen molar-refractivity contribution in [3.05, 3.63) is 34.4 Å². The van der Waals surface area contributed by atoms with Crippen molar-refractivity contribution in [3.8, 4) is 0 Å². The zero-order valence-electron chi connectivity index (χ0n) is 15.0. The third-order valence-corrected chi connectivity index (χ3v) is 4.86. The summed E-state index contributed by atoms with van der Waals surface area (Å²) in [4.78, 5) is 0. The molecule has 1 N–H and O–H groups in total. The van der Waals surface area contributed by atoms with Gasteiger partial charge in [0.1, 0.15) is 0 Å². The van der Waals surface area contributed by atoms with Crippen molar-refractivity contribution < 1.29 is 4.74 Å². The minimum atomic E-state index is -0.0761. The van der Waals surface area contributed by atoms with E-state index in [1.165, 1.54) is 22.3 Å². The van der Waals surface area contributed by atoms with Crippen molar-refractivity contribution >= 4 is 0 Å². The Bertz CT molecular complexity index is 426. The summed E-state index contributed by atoms with van der Waals surface area (Å²) < 4.78 is 6.19. The normalized spacial score (nSPS) is 13.5. The lowest BCUT2D eigenvalue weighted by molar-refractivity contribution is -0.0704. The van der Waals surface area contributed by atoms with Gasteiger partial charge in [-0.1, -0.05) is 31.5 Å². The zero-order chi connectivity index (χ0) is 16.0. The number of hydrogen-bond acceptors (Lipinski definition) is 2. The Balaban J connectivity index is 3.12. The summed E-state index contributed by atoms with van der Waals surface area (Å²) in [5.74, 6) is 0. The summed E-state index contributed by atoms with van der Waals surface area (Å²) in [5.41, 5.74) is 5.52. The summed E-state index contributed by atoms with van der Waals surface area (Å²) >= 11 is 0. The first kappa shape index (κ1) is 18.2. The number of hydrogen-bond donors (Lipinski definition) is 1. The molecule has 0 saturated heterocycles. The van der Waals surface area contributed by atoms with Crippen molar-refractivity contribution in [1.29, 1.82) is 0 Å². The molecule has 120 valence electrons. The second-order valence-corrected chi connectivity index (χ2v) is 6.13. The third-order valence-electron chi connectivity index (χ3n) is 4.86. The van der Waals surface area contributed by atoms with Crippen molar-refractivity contribution in [2.75, 3.05) is 13.7 Å². The Labute approximate surface area is 131 Å². The molecule has 2 nitrogen and oxygen atoms in total. The molecule has 1 aromatic carbocycles. The standard InChI is InChI=1S/C19H33NO/c1-8-19(9-2,21-10-3)18(20-7)13-17-15(5)11-14(4)12-16(17)6/h11-12,18,20H,8-10,13H2,1-7H3. The molecule has 0 bridgehead atoms. The smallest absolute Gasteiger partial charge is 0.0832 e. The molecule has 0 heterocycles. The van der Waals surface area contributed by atoms with E-state index in [2.05, 4.69) is 66.0 Å². The van der Waals surface area contributed by atoms with Gasteiger partial charge in [0.2, 0.25) is 0 Å². The van der Waals surface area contributed by atoms with Crippen LogP contribution in [0, 0.1) is 20.8 Å². The molecule has 1 atom stereocenters. The molecule has 21 heavy (non-hydrogen) atoms. The molecule has 2 heteroatoms. The molecular formula is C19H33NO. The average molecular weight is 291 g/mol. The van der Waals surface area contributed by atoms with Gasteiger partial charge in [-0.15, -0.1) is 0 Å². The topological polar surface area (TPSA) is 21.3 Å². The SMILES string of the molecule is CCOC(CC)(CC)C(Cc1c(C)cc(C)cc1C)NC. The number of likely N-dealkylation sites (N-methyl/N-ethyl adjacent to an activating group) is 1. The molecule has 0 aliphatic heterocycles. The van der Waals surface area contributed by atoms with Gasteiger partial charge in [0, 0.05) is 12.6 Å². The van der Waals surface area contributed by atoms with Crippen LogP contribution in [0.25, 0.3) is 0 Å². The van der Waals surface area contributed by atoms with E-state index in [9.17, 15) is 0 Å². The van der Waals surface area contributed by atoms with Crippen molar-refractivity contribution in [1.82, 2.24) is 5.32 Å². The highest BCUT2D eigenvalue weighted by Gasteiger charge is 2.36. The first-order chi connectivity index (χ1) is 9.93.